The number of aryl methyl sites for hydroxylation is 1. The number of carbonyl (C=O) groups excluding carboxylic acids is 2. The van der Waals surface area contributed by atoms with Crippen LogP contribution in [0.3, 0.4) is 0 Å². The number of anilines is 1. The molecule has 3 aromatic rings. The molecule has 0 aliphatic carbocycles. The molecule has 0 aromatic heterocycles. The van der Waals surface area contributed by atoms with Gasteiger partial charge in [-0.25, -0.2) is 5.43 Å². The number of hydrazone groups is 1. The van der Waals surface area contributed by atoms with Gasteiger partial charge in [-0.2, -0.15) is 5.10 Å². The first-order valence-electron chi connectivity index (χ1n) is 9.92. The summed E-state index contributed by atoms with van der Waals surface area (Å²) < 4.78 is 12.0. The van der Waals surface area contributed by atoms with Crippen LogP contribution in [0, 0.1) is 6.92 Å². The third kappa shape index (κ3) is 6.72. The van der Waals surface area contributed by atoms with E-state index in [0.29, 0.717) is 28.1 Å². The van der Waals surface area contributed by atoms with Crippen molar-refractivity contribution in [3.8, 4) is 11.5 Å². The van der Waals surface area contributed by atoms with Gasteiger partial charge in [-0.3, -0.25) is 9.59 Å². The largest absolute Gasteiger partial charge is 0.493 e. The summed E-state index contributed by atoms with van der Waals surface area (Å²) in [7, 11) is 1.52. The summed E-state index contributed by atoms with van der Waals surface area (Å²) in [6, 6.07) is 16.1. The number of rotatable bonds is 7. The Morgan fingerprint density at radius 2 is 1.82 bits per heavy atom. The summed E-state index contributed by atoms with van der Waals surface area (Å²) in [6.45, 7) is 2.39. The van der Waals surface area contributed by atoms with E-state index in [0.717, 1.165) is 5.56 Å². The Kier molecular flexibility index (Phi) is 8.92. The number of benzene rings is 3. The zero-order valence-corrected chi connectivity index (χ0v) is 21.3. The molecule has 10 heteroatoms. The number of nitrogens with zero attached hydrogens (tertiary/aromatic N) is 1. The van der Waals surface area contributed by atoms with Gasteiger partial charge >= 0.3 is 11.8 Å². The van der Waals surface area contributed by atoms with Gasteiger partial charge in [0.2, 0.25) is 0 Å². The minimum Gasteiger partial charge on any atom is -0.493 e. The summed E-state index contributed by atoms with van der Waals surface area (Å²) >= 11 is 15.4. The highest BCUT2D eigenvalue weighted by atomic mass is 79.9. The summed E-state index contributed by atoms with van der Waals surface area (Å²) in [5.74, 6) is -0.916. The minimum atomic E-state index is -0.976. The number of methoxy groups -OCH3 is 1. The predicted molar refractivity (Wildman–Crippen MR) is 137 cm³/mol. The van der Waals surface area contributed by atoms with Crippen molar-refractivity contribution in [1.29, 1.82) is 0 Å². The molecule has 176 valence electrons. The van der Waals surface area contributed by atoms with E-state index < -0.39 is 11.8 Å². The molecular formula is C24H20BrCl2N3O4. The summed E-state index contributed by atoms with van der Waals surface area (Å²) in [6.07, 6.45) is 1.37. The second-order valence-corrected chi connectivity index (χ2v) is 8.70. The van der Waals surface area contributed by atoms with Gasteiger partial charge < -0.3 is 14.8 Å². The molecule has 3 aromatic carbocycles. The van der Waals surface area contributed by atoms with Crippen LogP contribution in [0.5, 0.6) is 11.5 Å². The molecule has 0 heterocycles. The molecule has 0 atom stereocenters. The first kappa shape index (κ1) is 25.6. The fraction of sp³-hybridized carbons (Fsp3) is 0.125. The van der Waals surface area contributed by atoms with E-state index in [1.165, 1.54) is 25.0 Å². The van der Waals surface area contributed by atoms with Crippen LogP contribution in [0.2, 0.25) is 10.0 Å². The second kappa shape index (κ2) is 11.9. The van der Waals surface area contributed by atoms with Gasteiger partial charge in [0, 0.05) is 0 Å². The van der Waals surface area contributed by atoms with Crippen LogP contribution in [0.25, 0.3) is 0 Å². The number of nitrogens with one attached hydrogen (secondary N) is 2. The molecule has 2 amide bonds. The topological polar surface area (TPSA) is 89.0 Å². The molecule has 0 spiro atoms. The Labute approximate surface area is 215 Å². The van der Waals surface area contributed by atoms with Crippen LogP contribution >= 0.6 is 39.1 Å². The normalized spacial score (nSPS) is 10.7. The maximum absolute atomic E-state index is 12.1. The Balaban J connectivity index is 1.63. The molecule has 0 aliphatic rings. The maximum atomic E-state index is 12.1. The Morgan fingerprint density at radius 3 is 2.53 bits per heavy atom. The molecule has 2 N–H and O–H groups in total. The quantitative estimate of drug-likeness (QED) is 0.217. The number of amides is 2. The zero-order valence-electron chi connectivity index (χ0n) is 18.2. The smallest absolute Gasteiger partial charge is 0.329 e. The van der Waals surface area contributed by atoms with E-state index >= 15 is 0 Å². The number of hydrogen-bond donors (Lipinski definition) is 2. The average molecular weight is 565 g/mol. The van der Waals surface area contributed by atoms with E-state index in [4.69, 9.17) is 32.7 Å². The Hall–Kier alpha value is -3.07. The molecule has 0 saturated heterocycles. The molecule has 34 heavy (non-hydrogen) atoms. The molecule has 3 rings (SSSR count). The van der Waals surface area contributed by atoms with Crippen LogP contribution in [0.4, 0.5) is 5.69 Å². The van der Waals surface area contributed by atoms with Crippen LogP contribution in [-0.2, 0) is 16.2 Å². The Bertz CT molecular complexity index is 1230. The molecule has 0 saturated carbocycles. The Morgan fingerprint density at radius 1 is 1.09 bits per heavy atom. The minimum absolute atomic E-state index is 0.135. The van der Waals surface area contributed by atoms with E-state index in [-0.39, 0.29) is 15.7 Å². The SMILES string of the molecule is COc1cc(C=NNC(=O)C(=O)Nc2cccc(Cl)c2Cl)cc(Br)c1OCc1ccc(C)cc1. The number of ether oxygens (including phenoxy) is 2. The van der Waals surface area contributed by atoms with Crippen molar-refractivity contribution in [2.45, 2.75) is 13.5 Å². The van der Waals surface area contributed by atoms with Crippen molar-refractivity contribution in [2.24, 2.45) is 5.10 Å². The van der Waals surface area contributed by atoms with Gasteiger partial charge in [-0.15, -0.1) is 0 Å². The summed E-state index contributed by atoms with van der Waals surface area (Å²) in [4.78, 5) is 24.1. The number of halogens is 3. The van der Waals surface area contributed by atoms with Gasteiger partial charge in [0.05, 0.1) is 33.5 Å². The fourth-order valence-electron chi connectivity index (χ4n) is 2.79. The van der Waals surface area contributed by atoms with Gasteiger partial charge in [0.15, 0.2) is 11.5 Å². The van der Waals surface area contributed by atoms with E-state index in [1.54, 1.807) is 24.3 Å². The summed E-state index contributed by atoms with van der Waals surface area (Å²) in [5.41, 5.74) is 5.17. The predicted octanol–water partition coefficient (Wildman–Crippen LogP) is 5.74. The third-order valence-corrected chi connectivity index (χ3v) is 5.95. The van der Waals surface area contributed by atoms with Crippen LogP contribution in [0.15, 0.2) is 64.2 Å². The van der Waals surface area contributed by atoms with Crippen molar-refractivity contribution in [1.82, 2.24) is 5.43 Å². The van der Waals surface area contributed by atoms with Gasteiger partial charge in [0.1, 0.15) is 6.61 Å². The van der Waals surface area contributed by atoms with Crippen LogP contribution in [-0.4, -0.2) is 25.1 Å². The molecule has 0 aliphatic heterocycles. The van der Waals surface area contributed by atoms with Crippen molar-refractivity contribution in [3.63, 3.8) is 0 Å². The van der Waals surface area contributed by atoms with Crippen molar-refractivity contribution < 1.29 is 19.1 Å². The van der Waals surface area contributed by atoms with E-state index in [9.17, 15) is 9.59 Å². The lowest BCUT2D eigenvalue weighted by Gasteiger charge is -2.13. The first-order valence-corrected chi connectivity index (χ1v) is 11.5. The molecular weight excluding hydrogens is 545 g/mol. The highest BCUT2D eigenvalue weighted by Crippen LogP contribution is 2.37. The monoisotopic (exact) mass is 563 g/mol. The molecule has 7 nitrogen and oxygen atoms in total. The molecule has 0 unspecified atom stereocenters. The lowest BCUT2D eigenvalue weighted by molar-refractivity contribution is -0.136. The van der Waals surface area contributed by atoms with Gasteiger partial charge in [-0.05, 0) is 58.2 Å². The highest BCUT2D eigenvalue weighted by Gasteiger charge is 2.16. The average Bonchev–Trinajstić information content (AvgIpc) is 2.82. The number of hydrogen-bond acceptors (Lipinski definition) is 5. The lowest BCUT2D eigenvalue weighted by Crippen LogP contribution is -2.32. The van der Waals surface area contributed by atoms with Gasteiger partial charge in [0.25, 0.3) is 0 Å². The van der Waals surface area contributed by atoms with Crippen LogP contribution < -0.4 is 20.2 Å². The molecule has 0 radical (unpaired) electrons. The first-order chi connectivity index (χ1) is 16.3. The standard InChI is InChI=1S/C24H20BrCl2N3O4/c1-14-6-8-15(9-7-14)13-34-22-17(25)10-16(11-20(22)33-2)12-28-30-24(32)23(31)29-19-5-3-4-18(26)21(19)27/h3-12H,13H2,1-2H3,(H,29,31)(H,30,32). The maximum Gasteiger partial charge on any atom is 0.329 e. The number of carbonyl (C=O) groups is 2. The van der Waals surface area contributed by atoms with E-state index in [1.807, 2.05) is 31.2 Å². The molecule has 0 bridgehead atoms. The summed E-state index contributed by atoms with van der Waals surface area (Å²) in [5, 5.41) is 6.60. The van der Waals surface area contributed by atoms with Crippen molar-refractivity contribution >= 4 is 62.8 Å². The highest BCUT2D eigenvalue weighted by molar-refractivity contribution is 9.10. The van der Waals surface area contributed by atoms with E-state index in [2.05, 4.69) is 31.8 Å². The molecule has 0 fully saturated rings. The fourth-order valence-corrected chi connectivity index (χ4v) is 3.71. The zero-order chi connectivity index (χ0) is 24.7. The van der Waals surface area contributed by atoms with Gasteiger partial charge in [-0.1, -0.05) is 59.1 Å². The third-order valence-electron chi connectivity index (χ3n) is 4.54. The van der Waals surface area contributed by atoms with Crippen molar-refractivity contribution in [3.05, 3.63) is 85.8 Å². The van der Waals surface area contributed by atoms with Crippen LogP contribution in [0.1, 0.15) is 16.7 Å². The van der Waals surface area contributed by atoms with Crippen molar-refractivity contribution in [2.75, 3.05) is 12.4 Å². The second-order valence-electron chi connectivity index (χ2n) is 7.06. The lowest BCUT2D eigenvalue weighted by atomic mass is 10.2.